The van der Waals surface area contributed by atoms with Gasteiger partial charge in [-0.3, -0.25) is 0 Å². The van der Waals surface area contributed by atoms with Crippen LogP contribution >= 0.6 is 11.7 Å². The van der Waals surface area contributed by atoms with E-state index in [9.17, 15) is 0 Å². The molecule has 0 spiro atoms. The second-order valence-corrected chi connectivity index (χ2v) is 3.05. The van der Waals surface area contributed by atoms with Crippen molar-refractivity contribution in [2.24, 2.45) is 0 Å². The van der Waals surface area contributed by atoms with Gasteiger partial charge in [-0.2, -0.15) is 8.75 Å². The minimum atomic E-state index is 0.762. The summed E-state index contributed by atoms with van der Waals surface area (Å²) in [6, 6.07) is 3.81. The number of fused-ring (bicyclic) bond motifs is 1. The van der Waals surface area contributed by atoms with Crippen molar-refractivity contribution < 1.29 is 5.32 Å². The van der Waals surface area contributed by atoms with Gasteiger partial charge in [-0.25, -0.2) is 0 Å². The lowest BCUT2D eigenvalue weighted by Crippen LogP contribution is -2.72. The van der Waals surface area contributed by atoms with Gasteiger partial charge in [0.2, 0.25) is 0 Å². The molecule has 1 aromatic heterocycles. The number of hydrogen-bond acceptors (Lipinski definition) is 4. The van der Waals surface area contributed by atoms with Crippen LogP contribution < -0.4 is 11.1 Å². The molecular formula is C7H9N4S+. The Kier molecular flexibility index (Phi) is 1.67. The van der Waals surface area contributed by atoms with Gasteiger partial charge in [-0.1, -0.05) is 0 Å². The summed E-state index contributed by atoms with van der Waals surface area (Å²) < 4.78 is 8.22. The van der Waals surface area contributed by atoms with E-state index in [1.54, 1.807) is 0 Å². The quantitative estimate of drug-likeness (QED) is 0.613. The highest BCUT2D eigenvalue weighted by atomic mass is 32.1. The summed E-state index contributed by atoms with van der Waals surface area (Å²) in [6.45, 7) is 0. The average molecular weight is 181 g/mol. The van der Waals surface area contributed by atoms with Crippen LogP contribution in [0, 0.1) is 0 Å². The Morgan fingerprint density at radius 1 is 1.33 bits per heavy atom. The van der Waals surface area contributed by atoms with Crippen molar-refractivity contribution in [3.8, 4) is 0 Å². The van der Waals surface area contributed by atoms with Crippen molar-refractivity contribution >= 4 is 34.1 Å². The van der Waals surface area contributed by atoms with E-state index in [-0.39, 0.29) is 0 Å². The predicted molar refractivity (Wildman–Crippen MR) is 49.3 cm³/mol. The molecule has 0 fully saturated rings. The third-order valence-corrected chi connectivity index (χ3v) is 2.33. The normalized spacial score (nSPS) is 10.8. The van der Waals surface area contributed by atoms with E-state index in [0.717, 1.165) is 22.4 Å². The first-order valence-electron chi connectivity index (χ1n) is 3.62. The molecule has 2 rings (SSSR count). The summed E-state index contributed by atoms with van der Waals surface area (Å²) in [4.78, 5) is 0. The highest BCUT2D eigenvalue weighted by Crippen LogP contribution is 2.20. The van der Waals surface area contributed by atoms with Crippen LogP contribution in [0.5, 0.6) is 0 Å². The van der Waals surface area contributed by atoms with E-state index in [2.05, 4.69) is 8.75 Å². The SMILES string of the molecule is C[NH2+]c1cc2nsnc2cc1N. The summed E-state index contributed by atoms with van der Waals surface area (Å²) in [5.74, 6) is 0. The Morgan fingerprint density at radius 3 is 2.67 bits per heavy atom. The molecular weight excluding hydrogens is 172 g/mol. The molecule has 0 aliphatic rings. The molecule has 0 unspecified atom stereocenters. The molecule has 0 aliphatic carbocycles. The number of rotatable bonds is 1. The van der Waals surface area contributed by atoms with Gasteiger partial charge in [-0.15, -0.1) is 0 Å². The van der Waals surface area contributed by atoms with Crippen LogP contribution in [-0.4, -0.2) is 15.8 Å². The third kappa shape index (κ3) is 1.03. The van der Waals surface area contributed by atoms with Crippen LogP contribution in [0.15, 0.2) is 12.1 Å². The zero-order chi connectivity index (χ0) is 8.55. The van der Waals surface area contributed by atoms with Crippen molar-refractivity contribution in [2.75, 3.05) is 12.8 Å². The number of anilines is 1. The van der Waals surface area contributed by atoms with E-state index in [1.165, 1.54) is 11.7 Å². The van der Waals surface area contributed by atoms with Crippen molar-refractivity contribution in [1.29, 1.82) is 0 Å². The molecule has 0 saturated carbocycles. The van der Waals surface area contributed by atoms with Gasteiger partial charge in [0.25, 0.3) is 0 Å². The van der Waals surface area contributed by atoms with Crippen molar-refractivity contribution in [3.05, 3.63) is 12.1 Å². The molecule has 62 valence electrons. The van der Waals surface area contributed by atoms with Crippen LogP contribution in [0.1, 0.15) is 0 Å². The smallest absolute Gasteiger partial charge is 0.154 e. The molecule has 4 nitrogen and oxygen atoms in total. The van der Waals surface area contributed by atoms with Gasteiger partial charge in [-0.05, 0) is 6.07 Å². The van der Waals surface area contributed by atoms with Crippen LogP contribution in [0.25, 0.3) is 11.0 Å². The topological polar surface area (TPSA) is 68.4 Å². The Hall–Kier alpha value is -1.20. The molecule has 0 bridgehead atoms. The van der Waals surface area contributed by atoms with Crippen LogP contribution in [0.4, 0.5) is 11.4 Å². The Morgan fingerprint density at radius 2 is 2.00 bits per heavy atom. The molecule has 0 amide bonds. The van der Waals surface area contributed by atoms with Crippen LogP contribution in [-0.2, 0) is 0 Å². The highest BCUT2D eigenvalue weighted by Gasteiger charge is 2.05. The van der Waals surface area contributed by atoms with Crippen LogP contribution in [0.2, 0.25) is 0 Å². The first-order chi connectivity index (χ1) is 5.81. The summed E-state index contributed by atoms with van der Waals surface area (Å²) in [5, 5.41) is 1.97. The summed E-state index contributed by atoms with van der Waals surface area (Å²) in [5.41, 5.74) is 9.34. The minimum Gasteiger partial charge on any atom is -0.394 e. The van der Waals surface area contributed by atoms with Crippen molar-refractivity contribution in [2.45, 2.75) is 0 Å². The Bertz CT molecular complexity index is 409. The van der Waals surface area contributed by atoms with Gasteiger partial charge in [0.15, 0.2) is 5.69 Å². The third-order valence-electron chi connectivity index (χ3n) is 1.77. The molecule has 0 aliphatic heterocycles. The number of benzene rings is 1. The maximum absolute atomic E-state index is 5.76. The molecule has 12 heavy (non-hydrogen) atoms. The van der Waals surface area contributed by atoms with E-state index in [1.807, 2.05) is 24.5 Å². The predicted octanol–water partition coefficient (Wildman–Crippen LogP) is 0.0982. The zero-order valence-electron chi connectivity index (χ0n) is 6.61. The lowest BCUT2D eigenvalue weighted by Gasteiger charge is -1.97. The summed E-state index contributed by atoms with van der Waals surface area (Å²) in [7, 11) is 1.96. The first-order valence-corrected chi connectivity index (χ1v) is 4.35. The van der Waals surface area contributed by atoms with Crippen molar-refractivity contribution in [3.63, 3.8) is 0 Å². The largest absolute Gasteiger partial charge is 0.394 e. The van der Waals surface area contributed by atoms with Gasteiger partial charge < -0.3 is 11.1 Å². The standard InChI is InChI=1S/C7H8N4S/c1-9-5-3-7-6(2-4(5)8)10-12-11-7/h2-3,9H,8H2,1H3/p+1. The lowest BCUT2D eigenvalue weighted by molar-refractivity contribution is -0.538. The van der Waals surface area contributed by atoms with Gasteiger partial charge in [0.05, 0.1) is 24.5 Å². The van der Waals surface area contributed by atoms with E-state index in [0.29, 0.717) is 0 Å². The minimum absolute atomic E-state index is 0.762. The lowest BCUT2D eigenvalue weighted by atomic mass is 10.2. The van der Waals surface area contributed by atoms with Crippen molar-refractivity contribution in [1.82, 2.24) is 8.75 Å². The number of nitrogen functional groups attached to an aromatic ring is 1. The molecule has 0 saturated heterocycles. The molecule has 0 radical (unpaired) electrons. The van der Waals surface area contributed by atoms with E-state index >= 15 is 0 Å². The average Bonchev–Trinajstić information content (AvgIpc) is 2.49. The summed E-state index contributed by atoms with van der Waals surface area (Å²) >= 11 is 1.21. The molecule has 1 heterocycles. The number of nitrogens with zero attached hydrogens (tertiary/aromatic N) is 2. The fourth-order valence-electron chi connectivity index (χ4n) is 1.11. The maximum atomic E-state index is 5.76. The van der Waals surface area contributed by atoms with Crippen LogP contribution in [0.3, 0.4) is 0 Å². The highest BCUT2D eigenvalue weighted by molar-refractivity contribution is 7.00. The molecule has 2 aromatic rings. The Labute approximate surface area is 73.7 Å². The number of nitrogens with two attached hydrogens (primary N) is 2. The number of quaternary nitrogens is 1. The van der Waals surface area contributed by atoms with Gasteiger partial charge in [0, 0.05) is 6.07 Å². The fraction of sp³-hybridized carbons (Fsp3) is 0.143. The summed E-state index contributed by atoms with van der Waals surface area (Å²) in [6.07, 6.45) is 0. The monoisotopic (exact) mass is 181 g/mol. The molecule has 0 atom stereocenters. The molecule has 5 heteroatoms. The number of hydrogen-bond donors (Lipinski definition) is 2. The van der Waals surface area contributed by atoms with Gasteiger partial charge in [0.1, 0.15) is 11.0 Å². The van der Waals surface area contributed by atoms with E-state index in [4.69, 9.17) is 5.73 Å². The second kappa shape index (κ2) is 2.69. The molecule has 1 aromatic carbocycles. The molecule has 4 N–H and O–H groups in total. The maximum Gasteiger partial charge on any atom is 0.154 e. The number of aromatic nitrogens is 2. The zero-order valence-corrected chi connectivity index (χ0v) is 7.43. The fourth-order valence-corrected chi connectivity index (χ4v) is 1.62. The first kappa shape index (κ1) is 7.45. The Balaban J connectivity index is 2.73. The van der Waals surface area contributed by atoms with Gasteiger partial charge >= 0.3 is 0 Å². The second-order valence-electron chi connectivity index (χ2n) is 2.52. The van der Waals surface area contributed by atoms with E-state index < -0.39 is 0 Å².